The van der Waals surface area contributed by atoms with E-state index in [4.69, 9.17) is 21.1 Å². The Kier molecular flexibility index (Phi) is 8.21. The molecule has 0 spiro atoms. The normalized spacial score (nSPS) is 13.4. The van der Waals surface area contributed by atoms with Gasteiger partial charge in [0.25, 0.3) is 0 Å². The van der Waals surface area contributed by atoms with E-state index in [0.29, 0.717) is 0 Å². The number of aromatic nitrogens is 2. The molecule has 2 atom stereocenters. The van der Waals surface area contributed by atoms with Crippen molar-refractivity contribution in [1.29, 1.82) is 0 Å². The predicted octanol–water partition coefficient (Wildman–Crippen LogP) is 4.50. The molecule has 0 fully saturated rings. The first kappa shape index (κ1) is 24.4. The maximum absolute atomic E-state index is 12.8. The number of alkyl carbamates (subject to hydrolysis) is 1. The summed E-state index contributed by atoms with van der Waals surface area (Å²) in [5.41, 5.74) is -0.658. The molecule has 168 valence electrons. The van der Waals surface area contributed by atoms with Crippen LogP contribution in [0.1, 0.15) is 43.8 Å². The Morgan fingerprint density at radius 3 is 2.32 bits per heavy atom. The summed E-state index contributed by atoms with van der Waals surface area (Å²) in [6.45, 7) is 4.79. The molecule has 0 aliphatic rings. The Morgan fingerprint density at radius 2 is 1.77 bits per heavy atom. The minimum Gasteiger partial charge on any atom is -0.460 e. The molecule has 0 saturated carbocycles. The number of amides is 1. The highest BCUT2D eigenvalue weighted by atomic mass is 35.5. The molecular weight excluding hydrogens is 439 g/mol. The Morgan fingerprint density at radius 1 is 1.13 bits per heavy atom. The lowest BCUT2D eigenvalue weighted by Crippen LogP contribution is -2.38. The van der Waals surface area contributed by atoms with Crippen LogP contribution in [0.3, 0.4) is 0 Å². The summed E-state index contributed by atoms with van der Waals surface area (Å²) in [5.74, 6) is -0.516. The van der Waals surface area contributed by atoms with Crippen molar-refractivity contribution >= 4 is 23.7 Å². The maximum Gasteiger partial charge on any atom is 0.416 e. The van der Waals surface area contributed by atoms with E-state index in [9.17, 15) is 22.8 Å². The van der Waals surface area contributed by atoms with Gasteiger partial charge in [0, 0.05) is 17.4 Å². The van der Waals surface area contributed by atoms with Crippen molar-refractivity contribution < 1.29 is 32.2 Å². The average Bonchev–Trinajstić information content (AvgIpc) is 2.66. The third-order valence-corrected chi connectivity index (χ3v) is 4.31. The lowest BCUT2D eigenvalue weighted by molar-refractivity contribution is -0.157. The van der Waals surface area contributed by atoms with Crippen LogP contribution in [0.5, 0.6) is 0 Å². The number of halogens is 4. The lowest BCUT2D eigenvalue weighted by atomic mass is 10.1. The number of hydrogen-bond donors (Lipinski definition) is 1. The number of rotatable bonds is 7. The van der Waals surface area contributed by atoms with Crippen molar-refractivity contribution in [1.82, 2.24) is 15.3 Å². The minimum atomic E-state index is -4.54. The van der Waals surface area contributed by atoms with Gasteiger partial charge in [-0.3, -0.25) is 0 Å². The first-order valence-electron chi connectivity index (χ1n) is 9.27. The fraction of sp³-hybridized carbons (Fsp3) is 0.400. The highest BCUT2D eigenvalue weighted by Gasteiger charge is 2.32. The van der Waals surface area contributed by atoms with Crippen LogP contribution in [0, 0.1) is 0 Å². The standard InChI is InChI=1S/C20H21ClF3N3O4/c1-11(2)30-18(28)16(10-17-25-7-4-8-26-17)31-19(29)27-12(3)14-6-5-13(9-15(14)21)20(22,23)24/h4-9,11-12,16H,10H2,1-3H3,(H,27,29)/t12-,16+/m0/s1. The second-order valence-corrected chi connectivity index (χ2v) is 7.26. The molecule has 0 saturated heterocycles. The van der Waals surface area contributed by atoms with E-state index >= 15 is 0 Å². The first-order valence-corrected chi connectivity index (χ1v) is 9.65. The molecule has 1 aromatic carbocycles. The summed E-state index contributed by atoms with van der Waals surface area (Å²) in [7, 11) is 0. The van der Waals surface area contributed by atoms with Gasteiger partial charge in [-0.05, 0) is 44.5 Å². The Labute approximate surface area is 181 Å². The highest BCUT2D eigenvalue weighted by Crippen LogP contribution is 2.33. The largest absolute Gasteiger partial charge is 0.460 e. The van der Waals surface area contributed by atoms with E-state index in [-0.39, 0.29) is 22.8 Å². The van der Waals surface area contributed by atoms with Crippen LogP contribution in [-0.4, -0.2) is 34.2 Å². The van der Waals surface area contributed by atoms with E-state index in [1.165, 1.54) is 25.4 Å². The summed E-state index contributed by atoms with van der Waals surface area (Å²) in [5, 5.41) is 2.27. The molecule has 0 aliphatic heterocycles. The van der Waals surface area contributed by atoms with Crippen LogP contribution in [0.2, 0.25) is 5.02 Å². The monoisotopic (exact) mass is 459 g/mol. The number of esters is 1. The zero-order valence-corrected chi connectivity index (χ0v) is 17.7. The van der Waals surface area contributed by atoms with Gasteiger partial charge < -0.3 is 14.8 Å². The predicted molar refractivity (Wildman–Crippen MR) is 105 cm³/mol. The molecule has 2 aromatic rings. The minimum absolute atomic E-state index is 0.116. The van der Waals surface area contributed by atoms with Crippen molar-refractivity contribution in [2.45, 2.75) is 51.6 Å². The number of benzene rings is 1. The van der Waals surface area contributed by atoms with Gasteiger partial charge in [-0.15, -0.1) is 0 Å². The molecule has 1 amide bonds. The summed E-state index contributed by atoms with van der Waals surface area (Å²) >= 11 is 5.95. The Hall–Kier alpha value is -2.88. The van der Waals surface area contributed by atoms with E-state index in [0.717, 1.165) is 12.1 Å². The van der Waals surface area contributed by atoms with Gasteiger partial charge in [-0.25, -0.2) is 19.6 Å². The topological polar surface area (TPSA) is 90.4 Å². The highest BCUT2D eigenvalue weighted by molar-refractivity contribution is 6.31. The third kappa shape index (κ3) is 7.39. The quantitative estimate of drug-likeness (QED) is 0.613. The molecule has 1 heterocycles. The van der Waals surface area contributed by atoms with Crippen molar-refractivity contribution in [2.75, 3.05) is 0 Å². The van der Waals surface area contributed by atoms with E-state index < -0.39 is 42.1 Å². The van der Waals surface area contributed by atoms with Crippen LogP contribution in [-0.2, 0) is 26.9 Å². The number of nitrogens with one attached hydrogen (secondary N) is 1. The van der Waals surface area contributed by atoms with Gasteiger partial charge in [0.2, 0.25) is 6.10 Å². The van der Waals surface area contributed by atoms with Crippen LogP contribution < -0.4 is 5.32 Å². The van der Waals surface area contributed by atoms with Crippen LogP contribution in [0.4, 0.5) is 18.0 Å². The summed E-state index contributed by atoms with van der Waals surface area (Å²) in [6, 6.07) is 3.60. The molecule has 0 bridgehead atoms. The molecule has 1 N–H and O–H groups in total. The molecule has 2 rings (SSSR count). The summed E-state index contributed by atoms with van der Waals surface area (Å²) < 4.78 is 48.7. The van der Waals surface area contributed by atoms with Gasteiger partial charge in [0.15, 0.2) is 0 Å². The van der Waals surface area contributed by atoms with Crippen molar-refractivity contribution in [3.05, 3.63) is 58.6 Å². The molecule has 0 radical (unpaired) electrons. The van der Waals surface area contributed by atoms with Crippen molar-refractivity contribution in [2.24, 2.45) is 0 Å². The van der Waals surface area contributed by atoms with E-state index in [1.54, 1.807) is 19.9 Å². The van der Waals surface area contributed by atoms with Gasteiger partial charge in [-0.2, -0.15) is 13.2 Å². The van der Waals surface area contributed by atoms with Gasteiger partial charge in [0.1, 0.15) is 5.82 Å². The zero-order valence-electron chi connectivity index (χ0n) is 16.9. The number of carbonyl (C=O) groups excluding carboxylic acids is 2. The molecule has 7 nitrogen and oxygen atoms in total. The molecule has 1 aromatic heterocycles. The fourth-order valence-electron chi connectivity index (χ4n) is 2.55. The SMILES string of the molecule is CC(C)OC(=O)[C@@H](Cc1ncccn1)OC(=O)N[C@@H](C)c1ccc(C(F)(F)F)cc1Cl. The second kappa shape index (κ2) is 10.4. The summed E-state index contributed by atoms with van der Waals surface area (Å²) in [4.78, 5) is 32.7. The van der Waals surface area contributed by atoms with E-state index in [2.05, 4.69) is 15.3 Å². The van der Waals surface area contributed by atoms with Crippen molar-refractivity contribution in [3.8, 4) is 0 Å². The fourth-order valence-corrected chi connectivity index (χ4v) is 2.90. The maximum atomic E-state index is 12.8. The molecule has 31 heavy (non-hydrogen) atoms. The third-order valence-electron chi connectivity index (χ3n) is 3.98. The Balaban J connectivity index is 2.09. The number of carbonyl (C=O) groups is 2. The van der Waals surface area contributed by atoms with Crippen molar-refractivity contribution in [3.63, 3.8) is 0 Å². The average molecular weight is 460 g/mol. The molecule has 0 aliphatic carbocycles. The number of alkyl halides is 3. The van der Waals surface area contributed by atoms with Crippen LogP contribution in [0.25, 0.3) is 0 Å². The van der Waals surface area contributed by atoms with Gasteiger partial charge in [0.05, 0.1) is 24.1 Å². The van der Waals surface area contributed by atoms with Gasteiger partial charge >= 0.3 is 18.2 Å². The van der Waals surface area contributed by atoms with Gasteiger partial charge in [-0.1, -0.05) is 17.7 Å². The van der Waals surface area contributed by atoms with Crippen LogP contribution in [0.15, 0.2) is 36.7 Å². The smallest absolute Gasteiger partial charge is 0.416 e. The first-order chi connectivity index (χ1) is 14.5. The molecule has 11 heteroatoms. The molecular formula is C20H21ClF3N3O4. The zero-order chi connectivity index (χ0) is 23.2. The van der Waals surface area contributed by atoms with E-state index in [1.807, 2.05) is 0 Å². The Bertz CT molecular complexity index is 910. The lowest BCUT2D eigenvalue weighted by Gasteiger charge is -2.21. The summed E-state index contributed by atoms with van der Waals surface area (Å²) in [6.07, 6.45) is -4.45. The number of nitrogens with zero attached hydrogens (tertiary/aromatic N) is 2. The molecule has 0 unspecified atom stereocenters. The number of ether oxygens (including phenoxy) is 2. The second-order valence-electron chi connectivity index (χ2n) is 6.85. The number of hydrogen-bond acceptors (Lipinski definition) is 6. The van der Waals surface area contributed by atoms with Crippen LogP contribution >= 0.6 is 11.6 Å².